The van der Waals surface area contributed by atoms with Gasteiger partial charge in [-0.1, -0.05) is 36.4 Å². The Morgan fingerprint density at radius 2 is 1.78 bits per heavy atom. The number of benzene rings is 3. The van der Waals surface area contributed by atoms with Crippen LogP contribution in [0.2, 0.25) is 0 Å². The molecule has 23 heavy (non-hydrogen) atoms. The molecule has 1 aromatic heterocycles. The second-order valence-electron chi connectivity index (χ2n) is 5.56. The lowest BCUT2D eigenvalue weighted by Crippen LogP contribution is -2.01. The Balaban J connectivity index is 1.72. The number of fused-ring (bicyclic) bond motifs is 2. The zero-order chi connectivity index (χ0) is 15.8. The summed E-state index contributed by atoms with van der Waals surface area (Å²) in [6.07, 6.45) is 1.71. The van der Waals surface area contributed by atoms with Crippen LogP contribution < -0.4 is 0 Å². The molecule has 0 spiro atoms. The monoisotopic (exact) mass is 302 g/mol. The Hall–Kier alpha value is -3.14. The molecule has 0 aliphatic heterocycles. The van der Waals surface area contributed by atoms with Gasteiger partial charge in [0.2, 0.25) is 0 Å². The highest BCUT2D eigenvalue weighted by Crippen LogP contribution is 2.20. The maximum absolute atomic E-state index is 11.0. The van der Waals surface area contributed by atoms with Gasteiger partial charge in [0.1, 0.15) is 0 Å². The van der Waals surface area contributed by atoms with Crippen molar-refractivity contribution in [2.24, 2.45) is 0 Å². The van der Waals surface area contributed by atoms with E-state index in [1.807, 2.05) is 22.9 Å². The van der Waals surface area contributed by atoms with Crippen LogP contribution in [0.15, 0.2) is 66.9 Å². The fourth-order valence-electron chi connectivity index (χ4n) is 2.86. The average Bonchev–Trinajstić information content (AvgIpc) is 2.97. The molecule has 1 N–H and O–H groups in total. The lowest BCUT2D eigenvalue weighted by atomic mass is 10.1. The fourth-order valence-corrected chi connectivity index (χ4v) is 2.86. The van der Waals surface area contributed by atoms with E-state index in [0.29, 0.717) is 6.54 Å². The molecule has 0 aliphatic rings. The Labute approximate surface area is 132 Å². The Morgan fingerprint density at radius 3 is 2.61 bits per heavy atom. The summed E-state index contributed by atoms with van der Waals surface area (Å²) < 4.78 is 1.89. The van der Waals surface area contributed by atoms with Crippen molar-refractivity contribution in [3.8, 4) is 0 Å². The van der Waals surface area contributed by atoms with E-state index in [1.165, 1.54) is 10.8 Å². The molecule has 0 saturated heterocycles. The smallest absolute Gasteiger partial charge is 0.335 e. The molecule has 0 radical (unpaired) electrons. The SMILES string of the molecule is O=C(O)c1ccc2c(cnn2Cc2ccc3ccccc3c2)c1. The van der Waals surface area contributed by atoms with E-state index in [1.54, 1.807) is 18.3 Å². The molecule has 4 heteroatoms. The summed E-state index contributed by atoms with van der Waals surface area (Å²) in [5, 5.41) is 16.7. The molecule has 0 saturated carbocycles. The standard InChI is InChI=1S/C19H14N2O2/c22-19(23)16-7-8-18-17(10-16)11-20-21(18)12-13-5-6-14-3-1-2-4-15(14)9-13/h1-11H,12H2,(H,22,23). The number of rotatable bonds is 3. The van der Waals surface area contributed by atoms with Gasteiger partial charge >= 0.3 is 5.97 Å². The van der Waals surface area contributed by atoms with E-state index < -0.39 is 5.97 Å². The first kappa shape index (κ1) is 13.5. The Kier molecular flexibility index (Phi) is 3.08. The van der Waals surface area contributed by atoms with Crippen LogP contribution in [0, 0.1) is 0 Å². The number of aromatic nitrogens is 2. The second-order valence-corrected chi connectivity index (χ2v) is 5.56. The second kappa shape index (κ2) is 5.25. The number of hydrogen-bond acceptors (Lipinski definition) is 2. The summed E-state index contributed by atoms with van der Waals surface area (Å²) in [6, 6.07) is 19.7. The van der Waals surface area contributed by atoms with Crippen molar-refractivity contribution in [1.29, 1.82) is 0 Å². The summed E-state index contributed by atoms with van der Waals surface area (Å²) in [4.78, 5) is 11.0. The van der Waals surface area contributed by atoms with Gasteiger partial charge < -0.3 is 5.11 Å². The molecule has 1 heterocycles. The van der Waals surface area contributed by atoms with Crippen molar-refractivity contribution < 1.29 is 9.90 Å². The van der Waals surface area contributed by atoms with Crippen LogP contribution in [0.5, 0.6) is 0 Å². The molecule has 0 fully saturated rings. The zero-order valence-corrected chi connectivity index (χ0v) is 12.3. The number of hydrogen-bond donors (Lipinski definition) is 1. The molecule has 4 nitrogen and oxygen atoms in total. The largest absolute Gasteiger partial charge is 0.478 e. The fraction of sp³-hybridized carbons (Fsp3) is 0.0526. The van der Waals surface area contributed by atoms with E-state index in [-0.39, 0.29) is 5.56 Å². The first-order valence-electron chi connectivity index (χ1n) is 7.37. The summed E-state index contributed by atoms with van der Waals surface area (Å²) in [7, 11) is 0. The Bertz CT molecular complexity index is 1030. The van der Waals surface area contributed by atoms with E-state index in [2.05, 4.69) is 35.4 Å². The zero-order valence-electron chi connectivity index (χ0n) is 12.3. The van der Waals surface area contributed by atoms with Gasteiger partial charge in [0.25, 0.3) is 0 Å². The molecule has 0 bridgehead atoms. The van der Waals surface area contributed by atoms with E-state index in [9.17, 15) is 4.79 Å². The van der Waals surface area contributed by atoms with Crippen LogP contribution in [-0.2, 0) is 6.54 Å². The maximum Gasteiger partial charge on any atom is 0.335 e. The predicted octanol–water partition coefficient (Wildman–Crippen LogP) is 3.94. The highest BCUT2D eigenvalue weighted by atomic mass is 16.4. The van der Waals surface area contributed by atoms with Crippen molar-refractivity contribution in [1.82, 2.24) is 9.78 Å². The number of carbonyl (C=O) groups is 1. The third kappa shape index (κ3) is 2.44. The normalized spacial score (nSPS) is 11.1. The van der Waals surface area contributed by atoms with Crippen LogP contribution in [0.25, 0.3) is 21.7 Å². The Morgan fingerprint density at radius 1 is 0.957 bits per heavy atom. The van der Waals surface area contributed by atoms with Crippen LogP contribution in [0.4, 0.5) is 0 Å². The van der Waals surface area contributed by atoms with Crippen molar-refractivity contribution >= 4 is 27.6 Å². The minimum absolute atomic E-state index is 0.280. The van der Waals surface area contributed by atoms with Gasteiger partial charge in [-0.3, -0.25) is 4.68 Å². The predicted molar refractivity (Wildman–Crippen MR) is 89.7 cm³/mol. The van der Waals surface area contributed by atoms with Gasteiger partial charge in [0.15, 0.2) is 0 Å². The van der Waals surface area contributed by atoms with Crippen LogP contribution in [0.1, 0.15) is 15.9 Å². The lowest BCUT2D eigenvalue weighted by Gasteiger charge is -2.06. The highest BCUT2D eigenvalue weighted by Gasteiger charge is 2.08. The van der Waals surface area contributed by atoms with Crippen molar-refractivity contribution in [2.45, 2.75) is 6.54 Å². The van der Waals surface area contributed by atoms with E-state index in [0.717, 1.165) is 16.5 Å². The van der Waals surface area contributed by atoms with Gasteiger partial charge in [0, 0.05) is 5.39 Å². The van der Waals surface area contributed by atoms with Gasteiger partial charge in [-0.15, -0.1) is 0 Å². The van der Waals surface area contributed by atoms with Gasteiger partial charge in [-0.2, -0.15) is 5.10 Å². The van der Waals surface area contributed by atoms with E-state index in [4.69, 9.17) is 5.11 Å². The number of carboxylic acid groups (broad SMARTS) is 1. The summed E-state index contributed by atoms with van der Waals surface area (Å²) in [5.41, 5.74) is 2.38. The van der Waals surface area contributed by atoms with Crippen molar-refractivity contribution in [3.05, 3.63) is 78.0 Å². The van der Waals surface area contributed by atoms with Crippen molar-refractivity contribution in [2.75, 3.05) is 0 Å². The van der Waals surface area contributed by atoms with Crippen LogP contribution in [-0.4, -0.2) is 20.9 Å². The highest BCUT2D eigenvalue weighted by molar-refractivity contribution is 5.93. The molecule has 0 amide bonds. The first-order chi connectivity index (χ1) is 11.2. The molecule has 4 rings (SSSR count). The molecular formula is C19H14N2O2. The topological polar surface area (TPSA) is 55.1 Å². The van der Waals surface area contributed by atoms with Gasteiger partial charge in [0.05, 0.1) is 23.8 Å². The molecule has 3 aromatic carbocycles. The number of carboxylic acids is 1. The third-order valence-corrected chi connectivity index (χ3v) is 4.03. The minimum Gasteiger partial charge on any atom is -0.478 e. The molecule has 0 aliphatic carbocycles. The molecular weight excluding hydrogens is 288 g/mol. The van der Waals surface area contributed by atoms with Crippen molar-refractivity contribution in [3.63, 3.8) is 0 Å². The summed E-state index contributed by atoms with van der Waals surface area (Å²) >= 11 is 0. The van der Waals surface area contributed by atoms with Crippen LogP contribution >= 0.6 is 0 Å². The first-order valence-corrected chi connectivity index (χ1v) is 7.37. The molecule has 4 aromatic rings. The lowest BCUT2D eigenvalue weighted by molar-refractivity contribution is 0.0697. The summed E-state index contributed by atoms with van der Waals surface area (Å²) in [6.45, 7) is 0.654. The maximum atomic E-state index is 11.0. The molecule has 0 unspecified atom stereocenters. The third-order valence-electron chi connectivity index (χ3n) is 4.03. The average molecular weight is 302 g/mol. The molecule has 0 atom stereocenters. The quantitative estimate of drug-likeness (QED) is 0.623. The number of aromatic carboxylic acids is 1. The van der Waals surface area contributed by atoms with Gasteiger partial charge in [-0.25, -0.2) is 4.79 Å². The minimum atomic E-state index is -0.922. The van der Waals surface area contributed by atoms with Gasteiger partial charge in [-0.05, 0) is 40.6 Å². The number of nitrogens with zero attached hydrogens (tertiary/aromatic N) is 2. The van der Waals surface area contributed by atoms with E-state index >= 15 is 0 Å². The molecule has 112 valence electrons. The summed E-state index contributed by atoms with van der Waals surface area (Å²) in [5.74, 6) is -0.922. The van der Waals surface area contributed by atoms with Crippen LogP contribution in [0.3, 0.4) is 0 Å².